The molecule has 2 aliphatic rings. The lowest BCUT2D eigenvalue weighted by Crippen LogP contribution is -2.49. The number of anilines is 1. The van der Waals surface area contributed by atoms with Crippen LogP contribution in [0.25, 0.3) is 5.65 Å². The van der Waals surface area contributed by atoms with Crippen molar-refractivity contribution in [3.63, 3.8) is 0 Å². The number of halogens is 1. The maximum Gasteiger partial charge on any atom is 0.407 e. The molecule has 0 aliphatic carbocycles. The second kappa shape index (κ2) is 9.81. The minimum absolute atomic E-state index is 0.0820. The van der Waals surface area contributed by atoms with Gasteiger partial charge in [0, 0.05) is 62.9 Å². The minimum atomic E-state index is -1.54. The summed E-state index contributed by atoms with van der Waals surface area (Å²) in [4.78, 5) is 31.9. The number of aromatic nitrogens is 3. The quantitative estimate of drug-likeness (QED) is 0.455. The molecule has 0 spiro atoms. The summed E-state index contributed by atoms with van der Waals surface area (Å²) in [6, 6.07) is 5.81. The van der Waals surface area contributed by atoms with Crippen molar-refractivity contribution in [2.75, 3.05) is 24.5 Å². The number of Topliss-reactive ketones (excluding diaryl/α,β-unsaturated/α-hetero) is 1. The molecule has 2 aromatic heterocycles. The number of ether oxygens (including phenoxy) is 2. The van der Waals surface area contributed by atoms with Gasteiger partial charge < -0.3 is 19.7 Å². The average molecular weight is 538 g/mol. The SMILES string of the molecule is CC(C)(C)OC(=O)NCC1(F)CCN(c2cc3c(cc2CC(=O)c2cnn4cccnc24)CC(C)(C)O3)CC1. The van der Waals surface area contributed by atoms with E-state index in [1.54, 1.807) is 49.9 Å². The van der Waals surface area contributed by atoms with E-state index in [1.807, 2.05) is 19.9 Å². The Morgan fingerprint density at radius 2 is 1.95 bits per heavy atom. The molecule has 3 aromatic rings. The molecular weight excluding hydrogens is 501 g/mol. The molecule has 0 saturated carbocycles. The topological polar surface area (TPSA) is 98.1 Å². The molecule has 1 aromatic carbocycles. The van der Waals surface area contributed by atoms with Crippen LogP contribution in [-0.2, 0) is 17.6 Å². The molecule has 208 valence electrons. The predicted octanol–water partition coefficient (Wildman–Crippen LogP) is 4.70. The first kappa shape index (κ1) is 26.9. The fourth-order valence-corrected chi connectivity index (χ4v) is 5.29. The number of fused-ring (bicyclic) bond motifs is 2. The molecule has 2 aliphatic heterocycles. The number of carbonyl (C=O) groups is 2. The Hall–Kier alpha value is -3.69. The van der Waals surface area contributed by atoms with Gasteiger partial charge in [-0.15, -0.1) is 0 Å². The molecule has 1 amide bonds. The van der Waals surface area contributed by atoms with Gasteiger partial charge in [0.15, 0.2) is 11.4 Å². The van der Waals surface area contributed by atoms with Gasteiger partial charge in [0.2, 0.25) is 0 Å². The van der Waals surface area contributed by atoms with Crippen LogP contribution in [0.5, 0.6) is 5.75 Å². The number of carbonyl (C=O) groups excluding carboxylic acids is 2. The number of hydrogen-bond donors (Lipinski definition) is 1. The van der Waals surface area contributed by atoms with Gasteiger partial charge in [-0.3, -0.25) is 4.79 Å². The van der Waals surface area contributed by atoms with Gasteiger partial charge in [0.25, 0.3) is 0 Å². The molecule has 1 saturated heterocycles. The molecule has 9 nitrogen and oxygen atoms in total. The monoisotopic (exact) mass is 537 g/mol. The maximum atomic E-state index is 15.6. The number of hydrogen-bond acceptors (Lipinski definition) is 7. The second-order valence-electron chi connectivity index (χ2n) is 12.2. The largest absolute Gasteiger partial charge is 0.487 e. The summed E-state index contributed by atoms with van der Waals surface area (Å²) >= 11 is 0. The smallest absolute Gasteiger partial charge is 0.407 e. The Bertz CT molecular complexity index is 1400. The molecule has 4 heterocycles. The van der Waals surface area contributed by atoms with Crippen molar-refractivity contribution in [1.29, 1.82) is 0 Å². The first-order valence-electron chi connectivity index (χ1n) is 13.4. The summed E-state index contributed by atoms with van der Waals surface area (Å²) in [5.41, 5.74) is 1.26. The van der Waals surface area contributed by atoms with E-state index in [-0.39, 0.29) is 37.2 Å². The maximum absolute atomic E-state index is 15.6. The van der Waals surface area contributed by atoms with E-state index in [4.69, 9.17) is 9.47 Å². The molecule has 0 radical (unpaired) electrons. The van der Waals surface area contributed by atoms with E-state index in [2.05, 4.69) is 26.4 Å². The highest BCUT2D eigenvalue weighted by molar-refractivity contribution is 6.03. The third-order valence-electron chi connectivity index (χ3n) is 7.14. The normalized spacial score (nSPS) is 17.9. The van der Waals surface area contributed by atoms with Crippen molar-refractivity contribution in [2.24, 2.45) is 0 Å². The van der Waals surface area contributed by atoms with Gasteiger partial charge in [-0.1, -0.05) is 0 Å². The number of nitrogens with one attached hydrogen (secondary N) is 1. The van der Waals surface area contributed by atoms with E-state index < -0.39 is 17.4 Å². The summed E-state index contributed by atoms with van der Waals surface area (Å²) in [5, 5.41) is 6.84. The molecule has 0 bridgehead atoms. The van der Waals surface area contributed by atoms with Crippen LogP contribution in [0.2, 0.25) is 0 Å². The first-order chi connectivity index (χ1) is 18.3. The van der Waals surface area contributed by atoms with E-state index >= 15 is 4.39 Å². The van der Waals surface area contributed by atoms with Crippen molar-refractivity contribution in [1.82, 2.24) is 19.9 Å². The van der Waals surface area contributed by atoms with Crippen molar-refractivity contribution >= 4 is 23.2 Å². The minimum Gasteiger partial charge on any atom is -0.487 e. The number of piperidine rings is 1. The van der Waals surface area contributed by atoms with Crippen LogP contribution in [0, 0.1) is 0 Å². The number of alkyl carbamates (subject to hydrolysis) is 1. The molecule has 0 atom stereocenters. The van der Waals surface area contributed by atoms with E-state index in [0.29, 0.717) is 24.3 Å². The van der Waals surface area contributed by atoms with Gasteiger partial charge in [-0.25, -0.2) is 18.7 Å². The zero-order valence-corrected chi connectivity index (χ0v) is 23.2. The zero-order valence-electron chi connectivity index (χ0n) is 23.2. The van der Waals surface area contributed by atoms with Gasteiger partial charge in [-0.2, -0.15) is 5.10 Å². The average Bonchev–Trinajstić information content (AvgIpc) is 3.41. The summed E-state index contributed by atoms with van der Waals surface area (Å²) in [6.45, 7) is 10.2. The molecule has 1 fully saturated rings. The van der Waals surface area contributed by atoms with E-state index in [1.165, 1.54) is 0 Å². The molecule has 5 rings (SSSR count). The van der Waals surface area contributed by atoms with Crippen LogP contribution in [0.15, 0.2) is 36.8 Å². The molecule has 1 N–H and O–H groups in total. The lowest BCUT2D eigenvalue weighted by Gasteiger charge is -2.38. The van der Waals surface area contributed by atoms with Gasteiger partial charge in [0.05, 0.1) is 18.3 Å². The Morgan fingerprint density at radius 1 is 1.21 bits per heavy atom. The highest BCUT2D eigenvalue weighted by Crippen LogP contribution is 2.41. The Balaban J connectivity index is 1.34. The number of amides is 1. The van der Waals surface area contributed by atoms with Gasteiger partial charge in [0.1, 0.15) is 22.6 Å². The third kappa shape index (κ3) is 5.99. The van der Waals surface area contributed by atoms with E-state index in [0.717, 1.165) is 29.0 Å². The van der Waals surface area contributed by atoms with Crippen LogP contribution in [-0.4, -0.2) is 63.0 Å². The van der Waals surface area contributed by atoms with Crippen LogP contribution in [0.4, 0.5) is 14.9 Å². The highest BCUT2D eigenvalue weighted by Gasteiger charge is 2.37. The Morgan fingerprint density at radius 3 is 2.67 bits per heavy atom. The van der Waals surface area contributed by atoms with Crippen LogP contribution < -0.4 is 15.0 Å². The van der Waals surface area contributed by atoms with Crippen LogP contribution in [0.3, 0.4) is 0 Å². The molecule has 0 unspecified atom stereocenters. The van der Waals surface area contributed by atoms with Gasteiger partial charge >= 0.3 is 6.09 Å². The second-order valence-corrected chi connectivity index (χ2v) is 12.2. The summed E-state index contributed by atoms with van der Waals surface area (Å²) in [5.74, 6) is 0.717. The van der Waals surface area contributed by atoms with Crippen molar-refractivity contribution in [3.8, 4) is 5.75 Å². The Kier molecular flexibility index (Phi) is 6.76. The number of nitrogens with zero attached hydrogens (tertiary/aromatic N) is 4. The fraction of sp³-hybridized carbons (Fsp3) is 0.517. The summed E-state index contributed by atoms with van der Waals surface area (Å²) in [7, 11) is 0. The molecule has 10 heteroatoms. The van der Waals surface area contributed by atoms with Crippen molar-refractivity contribution in [2.45, 2.75) is 77.2 Å². The fourth-order valence-electron chi connectivity index (χ4n) is 5.29. The van der Waals surface area contributed by atoms with Crippen LogP contribution >= 0.6 is 0 Å². The highest BCUT2D eigenvalue weighted by atomic mass is 19.1. The summed E-state index contributed by atoms with van der Waals surface area (Å²) in [6.07, 6.45) is 5.71. The third-order valence-corrected chi connectivity index (χ3v) is 7.14. The Labute approximate surface area is 227 Å². The number of alkyl halides is 1. The zero-order chi connectivity index (χ0) is 28.0. The van der Waals surface area contributed by atoms with Crippen molar-refractivity contribution in [3.05, 3.63) is 53.5 Å². The van der Waals surface area contributed by atoms with E-state index in [9.17, 15) is 9.59 Å². The predicted molar refractivity (Wildman–Crippen MR) is 145 cm³/mol. The molecular formula is C29H36FN5O4. The standard InChI is InChI=1S/C29H36FN5O4/c1-27(2,3)39-26(37)32-18-29(30)7-11-34(12-8-29)22-15-24-20(16-28(4,5)38-24)13-19(22)14-23(36)21-17-33-35-10-6-9-31-25(21)35/h6,9-10,13,15,17H,7-8,11-12,14,16,18H2,1-5H3,(H,32,37). The van der Waals surface area contributed by atoms with Crippen molar-refractivity contribution < 1.29 is 23.5 Å². The number of benzene rings is 1. The first-order valence-corrected chi connectivity index (χ1v) is 13.4. The lowest BCUT2D eigenvalue weighted by molar-refractivity contribution is 0.0453. The lowest BCUT2D eigenvalue weighted by atomic mass is 9.91. The van der Waals surface area contributed by atoms with Crippen LogP contribution in [0.1, 0.15) is 68.9 Å². The summed E-state index contributed by atoms with van der Waals surface area (Å²) < 4.78 is 28.7. The molecule has 39 heavy (non-hydrogen) atoms. The number of rotatable bonds is 6. The van der Waals surface area contributed by atoms with Gasteiger partial charge in [-0.05, 0) is 57.9 Å². The number of ketones is 1.